The number of aromatic nitrogens is 2. The molecule has 2 N–H and O–H groups in total. The summed E-state index contributed by atoms with van der Waals surface area (Å²) in [5.74, 6) is 2.15. The summed E-state index contributed by atoms with van der Waals surface area (Å²) in [4.78, 5) is 19.9. The minimum Gasteiger partial charge on any atom is -0.497 e. The molecule has 1 aromatic heterocycles. The molecule has 3 aromatic rings. The SMILES string of the molecule is COc1ccc(CC(=O)NCCc2nc3ccccc3[nH]2)c(OC)c1. The second kappa shape index (κ2) is 7.70. The van der Waals surface area contributed by atoms with E-state index in [1.807, 2.05) is 36.4 Å². The highest BCUT2D eigenvalue weighted by Gasteiger charge is 2.10. The highest BCUT2D eigenvalue weighted by atomic mass is 16.5. The van der Waals surface area contributed by atoms with Crippen LogP contribution >= 0.6 is 0 Å². The van der Waals surface area contributed by atoms with E-state index in [-0.39, 0.29) is 12.3 Å². The van der Waals surface area contributed by atoms with Gasteiger partial charge in [0.2, 0.25) is 5.91 Å². The summed E-state index contributed by atoms with van der Waals surface area (Å²) in [5, 5.41) is 2.92. The maximum Gasteiger partial charge on any atom is 0.224 e. The zero-order chi connectivity index (χ0) is 17.6. The van der Waals surface area contributed by atoms with Crippen LogP contribution in [0, 0.1) is 0 Å². The Morgan fingerprint density at radius 3 is 2.76 bits per heavy atom. The van der Waals surface area contributed by atoms with E-state index in [9.17, 15) is 4.79 Å². The van der Waals surface area contributed by atoms with Crippen LogP contribution < -0.4 is 14.8 Å². The minimum absolute atomic E-state index is 0.0559. The number of nitrogens with zero attached hydrogens (tertiary/aromatic N) is 1. The monoisotopic (exact) mass is 339 g/mol. The number of hydrogen-bond donors (Lipinski definition) is 2. The van der Waals surface area contributed by atoms with E-state index in [0.717, 1.165) is 22.4 Å². The van der Waals surface area contributed by atoms with Crippen LogP contribution in [0.3, 0.4) is 0 Å². The number of H-pyrrole nitrogens is 1. The maximum atomic E-state index is 12.2. The van der Waals surface area contributed by atoms with Gasteiger partial charge in [0, 0.05) is 24.6 Å². The molecule has 6 nitrogen and oxygen atoms in total. The van der Waals surface area contributed by atoms with Crippen LogP contribution in [0.1, 0.15) is 11.4 Å². The number of carbonyl (C=O) groups is 1. The summed E-state index contributed by atoms with van der Waals surface area (Å²) in [6.07, 6.45) is 0.910. The predicted molar refractivity (Wildman–Crippen MR) is 96.1 cm³/mol. The largest absolute Gasteiger partial charge is 0.497 e. The fourth-order valence-electron chi connectivity index (χ4n) is 2.68. The molecule has 0 atom stereocenters. The number of fused-ring (bicyclic) bond motifs is 1. The van der Waals surface area contributed by atoms with Crippen molar-refractivity contribution in [2.75, 3.05) is 20.8 Å². The number of rotatable bonds is 7. The number of benzene rings is 2. The Kier molecular flexibility index (Phi) is 5.18. The average Bonchev–Trinajstić information content (AvgIpc) is 3.04. The summed E-state index contributed by atoms with van der Waals surface area (Å²) in [6.45, 7) is 0.525. The standard InChI is InChI=1S/C19H21N3O3/c1-24-14-8-7-13(17(12-14)25-2)11-19(23)20-10-9-18-21-15-5-3-4-6-16(15)22-18/h3-8,12H,9-11H2,1-2H3,(H,20,23)(H,21,22). The lowest BCUT2D eigenvalue weighted by Gasteiger charge is -2.10. The zero-order valence-corrected chi connectivity index (χ0v) is 14.3. The highest BCUT2D eigenvalue weighted by Crippen LogP contribution is 2.24. The van der Waals surface area contributed by atoms with Gasteiger partial charge in [0.25, 0.3) is 0 Å². The molecule has 0 saturated heterocycles. The van der Waals surface area contributed by atoms with E-state index in [4.69, 9.17) is 9.47 Å². The van der Waals surface area contributed by atoms with Gasteiger partial charge in [-0.15, -0.1) is 0 Å². The van der Waals surface area contributed by atoms with Crippen molar-refractivity contribution < 1.29 is 14.3 Å². The molecule has 3 rings (SSSR count). The van der Waals surface area contributed by atoms with Crippen molar-refractivity contribution in [2.24, 2.45) is 0 Å². The van der Waals surface area contributed by atoms with Crippen LogP contribution in [-0.4, -0.2) is 36.6 Å². The molecular formula is C19H21N3O3. The van der Waals surface area contributed by atoms with Gasteiger partial charge in [-0.3, -0.25) is 4.79 Å². The number of para-hydroxylation sites is 2. The van der Waals surface area contributed by atoms with Crippen LogP contribution in [0.25, 0.3) is 11.0 Å². The van der Waals surface area contributed by atoms with Crippen LogP contribution in [0.2, 0.25) is 0 Å². The molecule has 0 aliphatic heterocycles. The third-order valence-electron chi connectivity index (χ3n) is 3.97. The molecule has 1 amide bonds. The quantitative estimate of drug-likeness (QED) is 0.693. The van der Waals surface area contributed by atoms with E-state index in [1.54, 1.807) is 20.3 Å². The minimum atomic E-state index is -0.0559. The summed E-state index contributed by atoms with van der Waals surface area (Å²) >= 11 is 0. The third kappa shape index (κ3) is 4.09. The van der Waals surface area contributed by atoms with Crippen LogP contribution in [0.4, 0.5) is 0 Å². The molecule has 6 heteroatoms. The molecule has 2 aromatic carbocycles. The molecule has 0 saturated carbocycles. The van der Waals surface area contributed by atoms with Crippen molar-refractivity contribution >= 4 is 16.9 Å². The first-order chi connectivity index (χ1) is 12.2. The lowest BCUT2D eigenvalue weighted by molar-refractivity contribution is -0.120. The Labute approximate surface area is 146 Å². The van der Waals surface area contributed by atoms with Gasteiger partial charge in [0.1, 0.15) is 17.3 Å². The van der Waals surface area contributed by atoms with Crippen molar-refractivity contribution in [3.8, 4) is 11.5 Å². The fourth-order valence-corrected chi connectivity index (χ4v) is 2.68. The van der Waals surface area contributed by atoms with Crippen LogP contribution in [0.15, 0.2) is 42.5 Å². The Hall–Kier alpha value is -3.02. The van der Waals surface area contributed by atoms with E-state index in [0.29, 0.717) is 24.5 Å². The molecule has 0 radical (unpaired) electrons. The molecule has 0 bridgehead atoms. The second-order valence-electron chi connectivity index (χ2n) is 5.66. The topological polar surface area (TPSA) is 76.2 Å². The van der Waals surface area contributed by atoms with E-state index in [2.05, 4.69) is 15.3 Å². The lowest BCUT2D eigenvalue weighted by atomic mass is 10.1. The maximum absolute atomic E-state index is 12.2. The smallest absolute Gasteiger partial charge is 0.224 e. The molecule has 130 valence electrons. The van der Waals surface area contributed by atoms with Gasteiger partial charge < -0.3 is 19.8 Å². The normalized spacial score (nSPS) is 10.6. The molecule has 0 aliphatic carbocycles. The summed E-state index contributed by atoms with van der Waals surface area (Å²) < 4.78 is 10.5. The van der Waals surface area contributed by atoms with Gasteiger partial charge >= 0.3 is 0 Å². The molecule has 0 aliphatic rings. The third-order valence-corrected chi connectivity index (χ3v) is 3.97. The first-order valence-corrected chi connectivity index (χ1v) is 8.11. The van der Waals surface area contributed by atoms with Gasteiger partial charge in [-0.2, -0.15) is 0 Å². The number of hydrogen-bond acceptors (Lipinski definition) is 4. The summed E-state index contributed by atoms with van der Waals surface area (Å²) in [6, 6.07) is 13.3. The molecule has 0 spiro atoms. The number of amides is 1. The van der Waals surface area contributed by atoms with Gasteiger partial charge in [-0.05, 0) is 18.2 Å². The Balaban J connectivity index is 1.54. The molecule has 0 unspecified atom stereocenters. The van der Waals surface area contributed by atoms with Crippen molar-refractivity contribution in [3.63, 3.8) is 0 Å². The van der Waals surface area contributed by atoms with Crippen LogP contribution in [0.5, 0.6) is 11.5 Å². The molecule has 0 fully saturated rings. The van der Waals surface area contributed by atoms with Crippen molar-refractivity contribution in [3.05, 3.63) is 53.9 Å². The number of aromatic amines is 1. The summed E-state index contributed by atoms with van der Waals surface area (Å²) in [5.41, 5.74) is 2.77. The number of methoxy groups -OCH3 is 2. The average molecular weight is 339 g/mol. The van der Waals surface area contributed by atoms with Gasteiger partial charge in [0.15, 0.2) is 0 Å². The lowest BCUT2D eigenvalue weighted by Crippen LogP contribution is -2.27. The molecule has 1 heterocycles. The molecule has 25 heavy (non-hydrogen) atoms. The van der Waals surface area contributed by atoms with E-state index in [1.165, 1.54) is 0 Å². The number of carbonyl (C=O) groups excluding carboxylic acids is 1. The van der Waals surface area contributed by atoms with Gasteiger partial charge in [0.05, 0.1) is 31.7 Å². The van der Waals surface area contributed by atoms with Crippen molar-refractivity contribution in [1.82, 2.24) is 15.3 Å². The first-order valence-electron chi connectivity index (χ1n) is 8.11. The Morgan fingerprint density at radius 2 is 2.00 bits per heavy atom. The first kappa shape index (κ1) is 16.8. The van der Waals surface area contributed by atoms with E-state index >= 15 is 0 Å². The Morgan fingerprint density at radius 1 is 1.16 bits per heavy atom. The van der Waals surface area contributed by atoms with Gasteiger partial charge in [-0.1, -0.05) is 18.2 Å². The van der Waals surface area contributed by atoms with Gasteiger partial charge in [-0.25, -0.2) is 4.98 Å². The number of nitrogens with one attached hydrogen (secondary N) is 2. The summed E-state index contributed by atoms with van der Waals surface area (Å²) in [7, 11) is 3.18. The number of ether oxygens (including phenoxy) is 2. The van der Waals surface area contributed by atoms with Crippen molar-refractivity contribution in [1.29, 1.82) is 0 Å². The van der Waals surface area contributed by atoms with Crippen LogP contribution in [-0.2, 0) is 17.6 Å². The zero-order valence-electron chi connectivity index (χ0n) is 14.3. The highest BCUT2D eigenvalue weighted by molar-refractivity contribution is 5.79. The second-order valence-corrected chi connectivity index (χ2v) is 5.66. The number of imidazole rings is 1. The van der Waals surface area contributed by atoms with Crippen molar-refractivity contribution in [2.45, 2.75) is 12.8 Å². The fraction of sp³-hybridized carbons (Fsp3) is 0.263. The predicted octanol–water partition coefficient (Wildman–Crippen LogP) is 2.48. The molecular weight excluding hydrogens is 318 g/mol. The van der Waals surface area contributed by atoms with E-state index < -0.39 is 0 Å². The Bertz CT molecular complexity index is 840.